The number of carbonyl (C=O) groups is 1. The van der Waals surface area contributed by atoms with Crippen LogP contribution < -0.4 is 4.74 Å². The second-order valence-electron chi connectivity index (χ2n) is 3.86. The Balaban J connectivity index is 2.68. The molecule has 0 spiro atoms. The van der Waals surface area contributed by atoms with Crippen molar-refractivity contribution >= 4 is 5.78 Å². The second kappa shape index (κ2) is 6.11. The normalized spacial score (nSPS) is 11.9. The molecule has 1 aromatic rings. The summed E-state index contributed by atoms with van der Waals surface area (Å²) < 4.78 is 5.05. The van der Waals surface area contributed by atoms with Crippen LogP contribution in [0.4, 0.5) is 0 Å². The Morgan fingerprint density at radius 2 is 2.06 bits per heavy atom. The summed E-state index contributed by atoms with van der Waals surface area (Å²) in [4.78, 5) is 12.0. The molecule has 1 unspecified atom stereocenters. The smallest absolute Gasteiger partial charge is 0.165 e. The highest BCUT2D eigenvalue weighted by molar-refractivity contribution is 5.97. The predicted molar refractivity (Wildman–Crippen MR) is 65.9 cm³/mol. The molecule has 0 saturated carbocycles. The number of Topliss-reactive ketones (excluding diaryl/α,β-unsaturated/α-hetero) is 1. The fraction of sp³-hybridized carbons (Fsp3) is 0.357. The van der Waals surface area contributed by atoms with Crippen LogP contribution in [0.2, 0.25) is 0 Å². The molecule has 1 aromatic carbocycles. The van der Waals surface area contributed by atoms with E-state index in [0.29, 0.717) is 0 Å². The lowest BCUT2D eigenvalue weighted by Gasteiger charge is -2.09. The van der Waals surface area contributed by atoms with Gasteiger partial charge in [-0.1, -0.05) is 13.0 Å². The summed E-state index contributed by atoms with van der Waals surface area (Å²) in [5.41, 5.74) is 0.748. The minimum Gasteiger partial charge on any atom is -0.497 e. The maximum atomic E-state index is 12.0. The average Bonchev–Trinajstić information content (AvgIpc) is 2.35. The van der Waals surface area contributed by atoms with E-state index in [9.17, 15) is 4.79 Å². The van der Waals surface area contributed by atoms with Crippen LogP contribution in [-0.2, 0) is 0 Å². The van der Waals surface area contributed by atoms with Crippen LogP contribution in [0.1, 0.15) is 30.1 Å². The van der Waals surface area contributed by atoms with Gasteiger partial charge in [0.05, 0.1) is 7.11 Å². The minimum atomic E-state index is 0.0476. The third-order valence-electron chi connectivity index (χ3n) is 2.63. The van der Waals surface area contributed by atoms with Gasteiger partial charge in [0.1, 0.15) is 5.75 Å². The summed E-state index contributed by atoms with van der Waals surface area (Å²) in [5.74, 6) is 1.01. The first-order valence-electron chi connectivity index (χ1n) is 5.48. The third kappa shape index (κ3) is 3.23. The highest BCUT2D eigenvalue weighted by atomic mass is 16.5. The molecule has 16 heavy (non-hydrogen) atoms. The number of methoxy groups -OCH3 is 1. The van der Waals surface area contributed by atoms with Crippen molar-refractivity contribution in [2.75, 3.05) is 7.11 Å². The Hall–Kier alpha value is -1.57. The van der Waals surface area contributed by atoms with E-state index in [0.717, 1.165) is 24.2 Å². The van der Waals surface area contributed by atoms with Gasteiger partial charge in [0.15, 0.2) is 5.78 Å². The van der Waals surface area contributed by atoms with Gasteiger partial charge in [-0.25, -0.2) is 0 Å². The summed E-state index contributed by atoms with van der Waals surface area (Å²) in [7, 11) is 1.61. The highest BCUT2D eigenvalue weighted by Crippen LogP contribution is 2.17. The van der Waals surface area contributed by atoms with E-state index in [-0.39, 0.29) is 11.7 Å². The molecule has 0 saturated heterocycles. The second-order valence-corrected chi connectivity index (χ2v) is 3.86. The van der Waals surface area contributed by atoms with Crippen LogP contribution in [-0.4, -0.2) is 12.9 Å². The predicted octanol–water partition coefficient (Wildman–Crippen LogP) is 3.48. The van der Waals surface area contributed by atoms with Crippen molar-refractivity contribution < 1.29 is 9.53 Å². The molecule has 0 aliphatic carbocycles. The van der Waals surface area contributed by atoms with Gasteiger partial charge >= 0.3 is 0 Å². The molecule has 0 aliphatic heterocycles. The summed E-state index contributed by atoms with van der Waals surface area (Å²) in [6.07, 6.45) is 3.58. The quantitative estimate of drug-likeness (QED) is 0.539. The zero-order valence-electron chi connectivity index (χ0n) is 9.90. The van der Waals surface area contributed by atoms with E-state index in [4.69, 9.17) is 4.74 Å². The molecule has 0 heterocycles. The number of carbonyl (C=O) groups excluding carboxylic acids is 1. The minimum absolute atomic E-state index is 0.0476. The molecule has 2 heteroatoms. The fourth-order valence-electron chi connectivity index (χ4n) is 1.54. The standard InChI is InChI=1S/C14H18O2/c1-4-5-6-11(2)14(15)12-7-9-13(16-3)10-8-12/h4,7-11H,1,5-6H2,2-3H3. The molecule has 0 N–H and O–H groups in total. The van der Waals surface area contributed by atoms with Gasteiger partial charge in [0.2, 0.25) is 0 Å². The molecule has 1 atom stereocenters. The Bertz CT molecular complexity index is 352. The zero-order valence-corrected chi connectivity index (χ0v) is 9.90. The van der Waals surface area contributed by atoms with Crippen molar-refractivity contribution in [1.29, 1.82) is 0 Å². The van der Waals surface area contributed by atoms with Crippen LogP contribution in [0.15, 0.2) is 36.9 Å². The largest absolute Gasteiger partial charge is 0.497 e. The molecular weight excluding hydrogens is 200 g/mol. The third-order valence-corrected chi connectivity index (χ3v) is 2.63. The molecule has 0 radical (unpaired) electrons. The zero-order chi connectivity index (χ0) is 12.0. The van der Waals surface area contributed by atoms with Gasteiger partial charge in [-0.15, -0.1) is 6.58 Å². The first-order chi connectivity index (χ1) is 7.69. The summed E-state index contributed by atoms with van der Waals surface area (Å²) in [5, 5.41) is 0. The van der Waals surface area contributed by atoms with Gasteiger partial charge < -0.3 is 4.74 Å². The number of allylic oxidation sites excluding steroid dienone is 1. The Kier molecular flexibility index (Phi) is 4.77. The number of benzene rings is 1. The monoisotopic (exact) mass is 218 g/mol. The van der Waals surface area contributed by atoms with Gasteiger partial charge in [0, 0.05) is 11.5 Å². The van der Waals surface area contributed by atoms with Crippen LogP contribution in [0.5, 0.6) is 5.75 Å². The lowest BCUT2D eigenvalue weighted by molar-refractivity contribution is 0.0925. The summed E-state index contributed by atoms with van der Waals surface area (Å²) >= 11 is 0. The van der Waals surface area contributed by atoms with Crippen molar-refractivity contribution in [3.63, 3.8) is 0 Å². The van der Waals surface area contributed by atoms with E-state index in [1.165, 1.54) is 0 Å². The number of rotatable bonds is 6. The van der Waals surface area contributed by atoms with E-state index in [1.807, 2.05) is 37.3 Å². The van der Waals surface area contributed by atoms with E-state index < -0.39 is 0 Å². The Labute approximate surface area is 96.9 Å². The van der Waals surface area contributed by atoms with E-state index in [1.54, 1.807) is 7.11 Å². The lowest BCUT2D eigenvalue weighted by atomic mass is 9.95. The van der Waals surface area contributed by atoms with Gasteiger partial charge in [-0.3, -0.25) is 4.79 Å². The van der Waals surface area contributed by atoms with Crippen molar-refractivity contribution in [1.82, 2.24) is 0 Å². The average molecular weight is 218 g/mol. The first kappa shape index (κ1) is 12.5. The maximum Gasteiger partial charge on any atom is 0.165 e. The molecular formula is C14H18O2. The number of ether oxygens (including phenoxy) is 1. The van der Waals surface area contributed by atoms with Crippen LogP contribution >= 0.6 is 0 Å². The molecule has 0 aliphatic rings. The SMILES string of the molecule is C=CCCC(C)C(=O)c1ccc(OC)cc1. The van der Waals surface area contributed by atoms with Gasteiger partial charge in [-0.05, 0) is 37.1 Å². The molecule has 2 nitrogen and oxygen atoms in total. The van der Waals surface area contributed by atoms with Crippen molar-refractivity contribution in [2.24, 2.45) is 5.92 Å². The summed E-state index contributed by atoms with van der Waals surface area (Å²) in [6.45, 7) is 5.61. The van der Waals surface area contributed by atoms with Crippen molar-refractivity contribution in [2.45, 2.75) is 19.8 Å². The molecule has 0 bridgehead atoms. The van der Waals surface area contributed by atoms with Crippen molar-refractivity contribution in [3.8, 4) is 5.75 Å². The van der Waals surface area contributed by atoms with Crippen LogP contribution in [0.25, 0.3) is 0 Å². The first-order valence-corrected chi connectivity index (χ1v) is 5.48. The van der Waals surface area contributed by atoms with Gasteiger partial charge in [0.25, 0.3) is 0 Å². The number of ketones is 1. The van der Waals surface area contributed by atoms with Crippen molar-refractivity contribution in [3.05, 3.63) is 42.5 Å². The molecule has 0 aromatic heterocycles. The maximum absolute atomic E-state index is 12.0. The summed E-state index contributed by atoms with van der Waals surface area (Å²) in [6, 6.07) is 7.25. The molecule has 0 fully saturated rings. The molecule has 0 amide bonds. The fourth-order valence-corrected chi connectivity index (χ4v) is 1.54. The topological polar surface area (TPSA) is 26.3 Å². The van der Waals surface area contributed by atoms with E-state index >= 15 is 0 Å². The molecule has 1 rings (SSSR count). The Morgan fingerprint density at radius 1 is 1.44 bits per heavy atom. The Morgan fingerprint density at radius 3 is 2.56 bits per heavy atom. The van der Waals surface area contributed by atoms with E-state index in [2.05, 4.69) is 6.58 Å². The van der Waals surface area contributed by atoms with Gasteiger partial charge in [-0.2, -0.15) is 0 Å². The number of hydrogen-bond donors (Lipinski definition) is 0. The molecule has 86 valence electrons. The highest BCUT2D eigenvalue weighted by Gasteiger charge is 2.14. The lowest BCUT2D eigenvalue weighted by Crippen LogP contribution is -2.10. The number of hydrogen-bond acceptors (Lipinski definition) is 2. The van der Waals surface area contributed by atoms with Crippen LogP contribution in [0.3, 0.4) is 0 Å². The van der Waals surface area contributed by atoms with Crippen LogP contribution in [0, 0.1) is 5.92 Å².